The number of carbonyl (C=O) groups is 3. The van der Waals surface area contributed by atoms with E-state index in [0.29, 0.717) is 19.3 Å². The molecule has 0 aliphatic carbocycles. The number of allylic oxidation sites excluding steroid dienone is 8. The van der Waals surface area contributed by atoms with E-state index >= 15 is 0 Å². The molecule has 6 heteroatoms. The van der Waals surface area contributed by atoms with Gasteiger partial charge in [-0.15, -0.1) is 0 Å². The Morgan fingerprint density at radius 3 is 0.952 bits per heavy atom. The SMILES string of the molecule is CCCCCCCC/C=C\C/C=C\C/C=C\CCCC(=O)OC(COC(=O)CCCCCCCCC/C=C\CCCCCCCCCC)COC(=O)CCCCCCCCCCC. The highest BCUT2D eigenvalue weighted by Gasteiger charge is 2.19. The van der Waals surface area contributed by atoms with Crippen LogP contribution in [-0.4, -0.2) is 37.2 Å². The molecule has 0 bridgehead atoms. The van der Waals surface area contributed by atoms with Crippen molar-refractivity contribution in [3.8, 4) is 0 Å². The van der Waals surface area contributed by atoms with E-state index in [2.05, 4.69) is 69.4 Å². The molecule has 1 unspecified atom stereocenters. The summed E-state index contributed by atoms with van der Waals surface area (Å²) in [5, 5.41) is 0. The van der Waals surface area contributed by atoms with Crippen molar-refractivity contribution in [3.05, 3.63) is 48.6 Å². The Hall–Kier alpha value is -2.63. The molecule has 6 nitrogen and oxygen atoms in total. The fourth-order valence-electron chi connectivity index (χ4n) is 7.69. The van der Waals surface area contributed by atoms with Gasteiger partial charge in [0.1, 0.15) is 13.2 Å². The van der Waals surface area contributed by atoms with Crippen LogP contribution >= 0.6 is 0 Å². The van der Waals surface area contributed by atoms with Crippen LogP contribution in [0.5, 0.6) is 0 Å². The molecule has 0 aromatic heterocycles. The van der Waals surface area contributed by atoms with E-state index in [-0.39, 0.29) is 37.5 Å². The largest absolute Gasteiger partial charge is 0.462 e. The van der Waals surface area contributed by atoms with Crippen LogP contribution in [0.15, 0.2) is 48.6 Å². The number of esters is 3. The van der Waals surface area contributed by atoms with Crippen molar-refractivity contribution in [2.75, 3.05) is 13.2 Å². The first-order chi connectivity index (χ1) is 31.0. The minimum Gasteiger partial charge on any atom is -0.462 e. The molecule has 63 heavy (non-hydrogen) atoms. The Balaban J connectivity index is 4.36. The molecule has 0 aliphatic heterocycles. The van der Waals surface area contributed by atoms with E-state index in [1.807, 2.05) is 0 Å². The number of hydrogen-bond donors (Lipinski definition) is 0. The molecule has 0 spiro atoms. The zero-order valence-electron chi connectivity index (χ0n) is 41.8. The summed E-state index contributed by atoms with van der Waals surface area (Å²) in [5.74, 6) is -0.944. The van der Waals surface area contributed by atoms with Crippen molar-refractivity contribution in [3.63, 3.8) is 0 Å². The molecular weight excluding hydrogens is 781 g/mol. The molecule has 0 N–H and O–H groups in total. The monoisotopic (exact) mass is 883 g/mol. The summed E-state index contributed by atoms with van der Waals surface area (Å²) in [4.78, 5) is 37.9. The third kappa shape index (κ3) is 50.2. The number of rotatable bonds is 49. The topological polar surface area (TPSA) is 78.9 Å². The summed E-state index contributed by atoms with van der Waals surface area (Å²) in [6.07, 6.45) is 62.5. The molecule has 0 saturated heterocycles. The third-order valence-electron chi connectivity index (χ3n) is 11.8. The number of ether oxygens (including phenoxy) is 3. The fourth-order valence-corrected chi connectivity index (χ4v) is 7.69. The van der Waals surface area contributed by atoms with Crippen LogP contribution < -0.4 is 0 Å². The van der Waals surface area contributed by atoms with E-state index in [9.17, 15) is 14.4 Å². The van der Waals surface area contributed by atoms with Crippen LogP contribution in [0, 0.1) is 0 Å². The lowest BCUT2D eigenvalue weighted by Gasteiger charge is -2.18. The van der Waals surface area contributed by atoms with Crippen LogP contribution in [-0.2, 0) is 28.6 Å². The molecule has 1 atom stereocenters. The van der Waals surface area contributed by atoms with Crippen LogP contribution in [0.1, 0.15) is 278 Å². The Bertz CT molecular complexity index is 1110. The lowest BCUT2D eigenvalue weighted by Crippen LogP contribution is -2.30. The van der Waals surface area contributed by atoms with Gasteiger partial charge >= 0.3 is 17.9 Å². The van der Waals surface area contributed by atoms with Crippen molar-refractivity contribution in [1.82, 2.24) is 0 Å². The summed E-state index contributed by atoms with van der Waals surface area (Å²) in [5.41, 5.74) is 0. The van der Waals surface area contributed by atoms with Crippen molar-refractivity contribution in [1.29, 1.82) is 0 Å². The maximum Gasteiger partial charge on any atom is 0.306 e. The van der Waals surface area contributed by atoms with Crippen molar-refractivity contribution < 1.29 is 28.6 Å². The smallest absolute Gasteiger partial charge is 0.306 e. The van der Waals surface area contributed by atoms with E-state index < -0.39 is 6.10 Å². The Morgan fingerprint density at radius 2 is 0.587 bits per heavy atom. The maximum absolute atomic E-state index is 12.8. The van der Waals surface area contributed by atoms with Gasteiger partial charge in [0.05, 0.1) is 0 Å². The molecule has 366 valence electrons. The molecule has 0 radical (unpaired) electrons. The fraction of sp³-hybridized carbons (Fsp3) is 0.807. The molecular formula is C57H102O6. The predicted molar refractivity (Wildman–Crippen MR) is 270 cm³/mol. The van der Waals surface area contributed by atoms with Gasteiger partial charge < -0.3 is 14.2 Å². The summed E-state index contributed by atoms with van der Waals surface area (Å²) in [7, 11) is 0. The summed E-state index contributed by atoms with van der Waals surface area (Å²) >= 11 is 0. The summed E-state index contributed by atoms with van der Waals surface area (Å²) in [6.45, 7) is 6.58. The summed E-state index contributed by atoms with van der Waals surface area (Å²) in [6, 6.07) is 0. The van der Waals surface area contributed by atoms with E-state index in [1.54, 1.807) is 0 Å². The van der Waals surface area contributed by atoms with Gasteiger partial charge in [-0.2, -0.15) is 0 Å². The number of unbranched alkanes of at least 4 members (excludes halogenated alkanes) is 30. The molecule has 0 rings (SSSR count). The predicted octanol–water partition coefficient (Wildman–Crippen LogP) is 17.9. The van der Waals surface area contributed by atoms with E-state index in [4.69, 9.17) is 14.2 Å². The normalized spacial score (nSPS) is 12.4. The molecule has 0 aromatic carbocycles. The Kier molecular flexibility index (Phi) is 49.8. The van der Waals surface area contributed by atoms with Gasteiger partial charge in [-0.25, -0.2) is 0 Å². The van der Waals surface area contributed by atoms with Crippen molar-refractivity contribution in [2.24, 2.45) is 0 Å². The molecule has 0 aromatic rings. The third-order valence-corrected chi connectivity index (χ3v) is 11.8. The van der Waals surface area contributed by atoms with Crippen LogP contribution in [0.4, 0.5) is 0 Å². The highest BCUT2D eigenvalue weighted by Crippen LogP contribution is 2.15. The zero-order valence-corrected chi connectivity index (χ0v) is 41.8. The van der Waals surface area contributed by atoms with Crippen LogP contribution in [0.3, 0.4) is 0 Å². The number of hydrogen-bond acceptors (Lipinski definition) is 6. The quantitative estimate of drug-likeness (QED) is 0.0262. The first-order valence-electron chi connectivity index (χ1n) is 27.1. The lowest BCUT2D eigenvalue weighted by atomic mass is 10.1. The van der Waals surface area contributed by atoms with Gasteiger partial charge in [0, 0.05) is 19.3 Å². The second-order valence-corrected chi connectivity index (χ2v) is 18.1. The van der Waals surface area contributed by atoms with Gasteiger partial charge in [0.15, 0.2) is 6.10 Å². The first-order valence-corrected chi connectivity index (χ1v) is 27.1. The van der Waals surface area contributed by atoms with Gasteiger partial charge in [0.25, 0.3) is 0 Å². The second kappa shape index (κ2) is 52.0. The zero-order chi connectivity index (χ0) is 45.8. The Morgan fingerprint density at radius 1 is 0.317 bits per heavy atom. The highest BCUT2D eigenvalue weighted by atomic mass is 16.6. The Labute approximate surface area is 390 Å². The maximum atomic E-state index is 12.8. The van der Waals surface area contributed by atoms with E-state index in [1.165, 1.54) is 173 Å². The van der Waals surface area contributed by atoms with E-state index in [0.717, 1.165) is 57.8 Å². The van der Waals surface area contributed by atoms with Crippen LogP contribution in [0.2, 0.25) is 0 Å². The number of carbonyl (C=O) groups excluding carboxylic acids is 3. The lowest BCUT2D eigenvalue weighted by molar-refractivity contribution is -0.167. The second-order valence-electron chi connectivity index (χ2n) is 18.1. The van der Waals surface area contributed by atoms with Gasteiger partial charge in [-0.1, -0.05) is 230 Å². The van der Waals surface area contributed by atoms with Gasteiger partial charge in [-0.3, -0.25) is 14.4 Å². The molecule has 0 amide bonds. The standard InChI is InChI=1S/C57H102O6/c1-4-7-10-13-16-19-21-23-25-27-28-30-31-33-35-38-41-44-47-50-56(59)62-53-54(52-61-55(58)49-46-43-40-37-18-15-12-9-6-3)63-57(60)51-48-45-42-39-36-34-32-29-26-24-22-20-17-14-11-8-5-2/h24,26-28,32,34,39,42,54H,4-23,25,29-31,33,35-38,40-41,43-53H2,1-3H3/b26-24-,28-27-,34-32-,42-39-. The minimum absolute atomic E-state index is 0.0925. The van der Waals surface area contributed by atoms with Gasteiger partial charge in [0.2, 0.25) is 0 Å². The molecule has 0 saturated carbocycles. The van der Waals surface area contributed by atoms with Crippen LogP contribution in [0.25, 0.3) is 0 Å². The van der Waals surface area contributed by atoms with Gasteiger partial charge in [-0.05, 0) is 77.0 Å². The first kappa shape index (κ1) is 60.4. The van der Waals surface area contributed by atoms with Crippen molar-refractivity contribution in [2.45, 2.75) is 284 Å². The minimum atomic E-state index is -0.797. The molecule has 0 fully saturated rings. The average molecular weight is 883 g/mol. The highest BCUT2D eigenvalue weighted by molar-refractivity contribution is 5.71. The summed E-state index contributed by atoms with van der Waals surface area (Å²) < 4.78 is 16.7. The molecule has 0 heterocycles. The molecule has 0 aliphatic rings. The van der Waals surface area contributed by atoms with Crippen molar-refractivity contribution >= 4 is 17.9 Å². The average Bonchev–Trinajstić information content (AvgIpc) is 3.28.